The van der Waals surface area contributed by atoms with Gasteiger partial charge in [-0.1, -0.05) is 24.3 Å². The van der Waals surface area contributed by atoms with E-state index >= 15 is 0 Å². The molecule has 0 aliphatic carbocycles. The van der Waals surface area contributed by atoms with Gasteiger partial charge in [-0.05, 0) is 38.9 Å². The molecule has 5 heteroatoms. The van der Waals surface area contributed by atoms with Gasteiger partial charge in [0.25, 0.3) is 0 Å². The minimum absolute atomic E-state index is 0.00287. The summed E-state index contributed by atoms with van der Waals surface area (Å²) in [5.74, 6) is -0.0602. The van der Waals surface area contributed by atoms with Crippen LogP contribution in [0.2, 0.25) is 0 Å². The summed E-state index contributed by atoms with van der Waals surface area (Å²) in [5, 5.41) is 2.82. The van der Waals surface area contributed by atoms with Crippen molar-refractivity contribution in [3.8, 4) is 0 Å². The maximum absolute atomic E-state index is 12.2. The van der Waals surface area contributed by atoms with Gasteiger partial charge in [0.1, 0.15) is 0 Å². The summed E-state index contributed by atoms with van der Waals surface area (Å²) in [6, 6.07) is 8.14. The Balaban J connectivity index is 2.47. The van der Waals surface area contributed by atoms with Crippen molar-refractivity contribution >= 4 is 11.8 Å². The number of hydrogen-bond donors (Lipinski definition) is 1. The average Bonchev–Trinajstić information content (AvgIpc) is 2.39. The van der Waals surface area contributed by atoms with Crippen LogP contribution < -0.4 is 5.32 Å². The van der Waals surface area contributed by atoms with Crippen LogP contribution in [0.15, 0.2) is 24.3 Å². The topological polar surface area (TPSA) is 52.7 Å². The van der Waals surface area contributed by atoms with Crippen molar-refractivity contribution in [2.75, 3.05) is 27.2 Å². The Morgan fingerprint density at radius 2 is 1.77 bits per heavy atom. The SMILES string of the molecule is Cc1ccccc1CN(C)C(=O)CN(C)CC(=O)NC(C)C. The summed E-state index contributed by atoms with van der Waals surface area (Å²) in [5.41, 5.74) is 2.31. The standard InChI is InChI=1S/C17H27N3O2/c1-13(2)18-16(21)11-19(4)12-17(22)20(5)10-15-9-7-6-8-14(15)3/h6-9,13H,10-12H2,1-5H3,(H,18,21). The van der Waals surface area contributed by atoms with Gasteiger partial charge < -0.3 is 10.2 Å². The molecule has 0 fully saturated rings. The largest absolute Gasteiger partial charge is 0.353 e. The van der Waals surface area contributed by atoms with Crippen molar-refractivity contribution in [2.24, 2.45) is 0 Å². The fourth-order valence-electron chi connectivity index (χ4n) is 2.15. The van der Waals surface area contributed by atoms with E-state index in [4.69, 9.17) is 0 Å². The maximum Gasteiger partial charge on any atom is 0.236 e. The first-order valence-corrected chi connectivity index (χ1v) is 7.56. The maximum atomic E-state index is 12.2. The van der Waals surface area contributed by atoms with E-state index in [1.54, 1.807) is 23.9 Å². The van der Waals surface area contributed by atoms with Crippen LogP contribution in [0.1, 0.15) is 25.0 Å². The lowest BCUT2D eigenvalue weighted by atomic mass is 10.1. The van der Waals surface area contributed by atoms with E-state index in [0.29, 0.717) is 6.54 Å². The second kappa shape index (κ2) is 8.54. The lowest BCUT2D eigenvalue weighted by Gasteiger charge is -2.22. The zero-order chi connectivity index (χ0) is 16.7. The van der Waals surface area contributed by atoms with Crippen LogP contribution in [0.4, 0.5) is 0 Å². The number of hydrogen-bond acceptors (Lipinski definition) is 3. The number of aryl methyl sites for hydroxylation is 1. The summed E-state index contributed by atoms with van der Waals surface area (Å²) < 4.78 is 0. The van der Waals surface area contributed by atoms with Crippen molar-refractivity contribution < 1.29 is 9.59 Å². The minimum atomic E-state index is -0.0631. The summed E-state index contributed by atoms with van der Waals surface area (Å²) in [7, 11) is 3.57. The van der Waals surface area contributed by atoms with Crippen LogP contribution in [0.3, 0.4) is 0 Å². The Kier molecular flexibility index (Phi) is 7.05. The highest BCUT2D eigenvalue weighted by Crippen LogP contribution is 2.09. The highest BCUT2D eigenvalue weighted by Gasteiger charge is 2.15. The Bertz CT molecular complexity index is 514. The van der Waals surface area contributed by atoms with Crippen LogP contribution in [-0.4, -0.2) is 54.8 Å². The van der Waals surface area contributed by atoms with E-state index in [1.807, 2.05) is 45.0 Å². The lowest BCUT2D eigenvalue weighted by molar-refractivity contribution is -0.132. The van der Waals surface area contributed by atoms with Crippen LogP contribution >= 0.6 is 0 Å². The third-order valence-electron chi connectivity index (χ3n) is 3.36. The van der Waals surface area contributed by atoms with E-state index in [1.165, 1.54) is 5.56 Å². The molecule has 1 N–H and O–H groups in total. The van der Waals surface area contributed by atoms with E-state index < -0.39 is 0 Å². The fourth-order valence-corrected chi connectivity index (χ4v) is 2.15. The first-order chi connectivity index (χ1) is 10.3. The number of nitrogens with zero attached hydrogens (tertiary/aromatic N) is 2. The van der Waals surface area contributed by atoms with Crippen LogP contribution in [0, 0.1) is 6.92 Å². The van der Waals surface area contributed by atoms with E-state index in [-0.39, 0.29) is 30.9 Å². The van der Waals surface area contributed by atoms with Gasteiger partial charge in [0.05, 0.1) is 13.1 Å². The Morgan fingerprint density at radius 3 is 2.36 bits per heavy atom. The third kappa shape index (κ3) is 6.26. The van der Waals surface area contributed by atoms with Gasteiger partial charge in [0, 0.05) is 19.6 Å². The Morgan fingerprint density at radius 1 is 1.14 bits per heavy atom. The van der Waals surface area contributed by atoms with Gasteiger partial charge in [-0.2, -0.15) is 0 Å². The van der Waals surface area contributed by atoms with Gasteiger partial charge >= 0.3 is 0 Å². The van der Waals surface area contributed by atoms with Crippen LogP contribution in [-0.2, 0) is 16.1 Å². The Labute approximate surface area is 133 Å². The van der Waals surface area contributed by atoms with E-state index in [9.17, 15) is 9.59 Å². The first-order valence-electron chi connectivity index (χ1n) is 7.56. The predicted molar refractivity (Wildman–Crippen MR) is 88.4 cm³/mol. The zero-order valence-corrected chi connectivity index (χ0v) is 14.2. The molecule has 0 saturated carbocycles. The summed E-state index contributed by atoms with van der Waals surface area (Å²) >= 11 is 0. The molecule has 1 aromatic carbocycles. The van der Waals surface area contributed by atoms with Crippen molar-refractivity contribution in [1.82, 2.24) is 15.1 Å². The van der Waals surface area contributed by atoms with Crippen molar-refractivity contribution in [1.29, 1.82) is 0 Å². The molecule has 0 aliphatic rings. The quantitative estimate of drug-likeness (QED) is 0.829. The number of benzene rings is 1. The summed E-state index contributed by atoms with van der Waals surface area (Å²) in [6.07, 6.45) is 0. The van der Waals surface area contributed by atoms with Gasteiger partial charge in [0.2, 0.25) is 11.8 Å². The molecule has 1 rings (SSSR count). The monoisotopic (exact) mass is 305 g/mol. The second-order valence-corrected chi connectivity index (χ2v) is 6.07. The summed E-state index contributed by atoms with van der Waals surface area (Å²) in [6.45, 7) is 6.90. The molecule has 0 atom stereocenters. The third-order valence-corrected chi connectivity index (χ3v) is 3.36. The molecule has 0 bridgehead atoms. The molecule has 22 heavy (non-hydrogen) atoms. The Hall–Kier alpha value is -1.88. The first kappa shape index (κ1) is 18.2. The molecular weight excluding hydrogens is 278 g/mol. The van der Waals surface area contributed by atoms with Crippen molar-refractivity contribution in [3.63, 3.8) is 0 Å². The lowest BCUT2D eigenvalue weighted by Crippen LogP contribution is -2.42. The van der Waals surface area contributed by atoms with Crippen LogP contribution in [0.5, 0.6) is 0 Å². The van der Waals surface area contributed by atoms with Gasteiger partial charge in [-0.25, -0.2) is 0 Å². The number of rotatable bonds is 7. The number of nitrogens with one attached hydrogen (secondary N) is 1. The summed E-state index contributed by atoms with van der Waals surface area (Å²) in [4.78, 5) is 27.3. The molecule has 0 saturated heterocycles. The molecule has 0 spiro atoms. The van der Waals surface area contributed by atoms with Crippen molar-refractivity contribution in [2.45, 2.75) is 33.4 Å². The molecule has 122 valence electrons. The number of likely N-dealkylation sites (N-methyl/N-ethyl adjacent to an activating group) is 2. The zero-order valence-electron chi connectivity index (χ0n) is 14.2. The second-order valence-electron chi connectivity index (χ2n) is 6.07. The van der Waals surface area contributed by atoms with E-state index in [2.05, 4.69) is 5.32 Å². The van der Waals surface area contributed by atoms with Gasteiger partial charge in [-0.3, -0.25) is 14.5 Å². The normalized spacial score (nSPS) is 10.9. The number of carbonyl (C=O) groups excluding carboxylic acids is 2. The fraction of sp³-hybridized carbons (Fsp3) is 0.529. The molecule has 0 unspecified atom stereocenters. The highest BCUT2D eigenvalue weighted by molar-refractivity contribution is 5.81. The number of carbonyl (C=O) groups is 2. The molecule has 1 aromatic rings. The minimum Gasteiger partial charge on any atom is -0.353 e. The highest BCUT2D eigenvalue weighted by atomic mass is 16.2. The molecule has 0 aromatic heterocycles. The predicted octanol–water partition coefficient (Wildman–Crippen LogP) is 1.41. The van der Waals surface area contributed by atoms with Gasteiger partial charge in [0.15, 0.2) is 0 Å². The molecule has 0 radical (unpaired) electrons. The molecule has 0 heterocycles. The smallest absolute Gasteiger partial charge is 0.236 e. The molecule has 5 nitrogen and oxygen atoms in total. The molecule has 0 aliphatic heterocycles. The molecular formula is C17H27N3O2. The van der Waals surface area contributed by atoms with Crippen LogP contribution in [0.25, 0.3) is 0 Å². The molecule has 2 amide bonds. The van der Waals surface area contributed by atoms with Gasteiger partial charge in [-0.15, -0.1) is 0 Å². The average molecular weight is 305 g/mol. The van der Waals surface area contributed by atoms with Crippen molar-refractivity contribution in [3.05, 3.63) is 35.4 Å². The van der Waals surface area contributed by atoms with E-state index in [0.717, 1.165) is 5.56 Å². The number of amides is 2.